The van der Waals surface area contributed by atoms with Crippen LogP contribution in [0.3, 0.4) is 0 Å². The van der Waals surface area contributed by atoms with Crippen LogP contribution in [-0.4, -0.2) is 11.1 Å². The first-order valence-corrected chi connectivity index (χ1v) is 4.45. The van der Waals surface area contributed by atoms with Crippen LogP contribution in [0.15, 0.2) is 24.3 Å². The number of benzene rings is 1. The molecule has 1 rings (SSSR count). The molecule has 1 atom stereocenters. The number of carboxylic acids is 1. The molecule has 0 radical (unpaired) electrons. The molecule has 1 N–H and O–H groups in total. The molecule has 0 heterocycles. The lowest BCUT2D eigenvalue weighted by Gasteiger charge is -2.07. The van der Waals surface area contributed by atoms with Crippen LogP contribution >= 0.6 is 11.6 Å². The summed E-state index contributed by atoms with van der Waals surface area (Å²) in [5.74, 6) is -1.18. The fraction of sp³-hybridized carbons (Fsp3) is 0.300. The quantitative estimate of drug-likeness (QED) is 0.811. The summed E-state index contributed by atoms with van der Waals surface area (Å²) in [5.41, 5.74) is 0.888. The molecule has 2 nitrogen and oxygen atoms in total. The maximum atomic E-state index is 10.6. The summed E-state index contributed by atoms with van der Waals surface area (Å²) in [4.78, 5) is 10.6. The van der Waals surface area contributed by atoms with Gasteiger partial charge in [0.15, 0.2) is 0 Å². The molecule has 1 unspecified atom stereocenters. The highest BCUT2D eigenvalue weighted by atomic mass is 35.5. The molecule has 0 bridgehead atoms. The number of carboxylic acid groups (broad SMARTS) is 1. The van der Waals surface area contributed by atoms with Crippen molar-refractivity contribution in [2.75, 3.05) is 0 Å². The summed E-state index contributed by atoms with van der Waals surface area (Å²) in [6, 6.07) is 7.31. The first-order valence-electron chi connectivity index (χ1n) is 4.07. The van der Waals surface area contributed by atoms with Crippen LogP contribution in [0, 0.1) is 5.92 Å². The van der Waals surface area contributed by atoms with Crippen molar-refractivity contribution < 1.29 is 9.90 Å². The molecule has 0 saturated carbocycles. The normalized spacial score (nSPS) is 12.5. The van der Waals surface area contributed by atoms with Gasteiger partial charge in [0, 0.05) is 5.02 Å². The third-order valence-electron chi connectivity index (χ3n) is 1.91. The topological polar surface area (TPSA) is 37.3 Å². The van der Waals surface area contributed by atoms with Crippen molar-refractivity contribution in [1.82, 2.24) is 0 Å². The van der Waals surface area contributed by atoms with Crippen LogP contribution in [0.1, 0.15) is 12.5 Å². The Balaban J connectivity index is 2.74. The Morgan fingerprint density at radius 1 is 1.54 bits per heavy atom. The average molecular weight is 199 g/mol. The molecule has 0 fully saturated rings. The van der Waals surface area contributed by atoms with Gasteiger partial charge in [-0.15, -0.1) is 0 Å². The maximum Gasteiger partial charge on any atom is 0.306 e. The lowest BCUT2D eigenvalue weighted by molar-refractivity contribution is -0.141. The van der Waals surface area contributed by atoms with Gasteiger partial charge in [-0.25, -0.2) is 0 Å². The minimum Gasteiger partial charge on any atom is -0.481 e. The van der Waals surface area contributed by atoms with Crippen molar-refractivity contribution in [2.24, 2.45) is 5.92 Å². The highest BCUT2D eigenvalue weighted by Crippen LogP contribution is 2.18. The molecule has 0 aliphatic heterocycles. The van der Waals surface area contributed by atoms with Gasteiger partial charge in [-0.05, 0) is 18.1 Å². The Hall–Kier alpha value is -1.02. The fourth-order valence-corrected chi connectivity index (χ4v) is 1.29. The van der Waals surface area contributed by atoms with Gasteiger partial charge in [0.05, 0.1) is 5.92 Å². The lowest BCUT2D eigenvalue weighted by Crippen LogP contribution is -2.12. The highest BCUT2D eigenvalue weighted by molar-refractivity contribution is 6.31. The smallest absolute Gasteiger partial charge is 0.306 e. The summed E-state index contributed by atoms with van der Waals surface area (Å²) in [7, 11) is 0. The SMILES string of the molecule is CC(Cc1ccccc1Cl)C(=O)O. The van der Waals surface area contributed by atoms with Crippen LogP contribution in [0.4, 0.5) is 0 Å². The second kappa shape index (κ2) is 4.28. The first kappa shape index (κ1) is 10.1. The van der Waals surface area contributed by atoms with Crippen molar-refractivity contribution >= 4 is 17.6 Å². The van der Waals surface area contributed by atoms with Gasteiger partial charge in [0.25, 0.3) is 0 Å². The molecule has 0 aliphatic carbocycles. The zero-order chi connectivity index (χ0) is 9.84. The Bertz CT molecular complexity index is 310. The van der Waals surface area contributed by atoms with Crippen LogP contribution in [0.25, 0.3) is 0 Å². The third-order valence-corrected chi connectivity index (χ3v) is 2.27. The zero-order valence-corrected chi connectivity index (χ0v) is 8.08. The zero-order valence-electron chi connectivity index (χ0n) is 7.33. The average Bonchev–Trinajstić information content (AvgIpc) is 2.08. The van der Waals surface area contributed by atoms with E-state index in [4.69, 9.17) is 16.7 Å². The maximum absolute atomic E-state index is 10.6. The summed E-state index contributed by atoms with van der Waals surface area (Å²) >= 11 is 5.88. The molecule has 0 saturated heterocycles. The van der Waals surface area contributed by atoms with Gasteiger partial charge in [-0.3, -0.25) is 4.79 Å². The van der Waals surface area contributed by atoms with Crippen LogP contribution < -0.4 is 0 Å². The van der Waals surface area contributed by atoms with Gasteiger partial charge < -0.3 is 5.11 Å². The second-order valence-electron chi connectivity index (χ2n) is 3.03. The van der Waals surface area contributed by atoms with E-state index in [0.29, 0.717) is 11.4 Å². The van der Waals surface area contributed by atoms with E-state index in [1.54, 1.807) is 13.0 Å². The molecule has 13 heavy (non-hydrogen) atoms. The van der Waals surface area contributed by atoms with Crippen LogP contribution in [-0.2, 0) is 11.2 Å². The van der Waals surface area contributed by atoms with E-state index in [1.807, 2.05) is 18.2 Å². The second-order valence-corrected chi connectivity index (χ2v) is 3.44. The largest absolute Gasteiger partial charge is 0.481 e. The molecular formula is C10H11ClO2. The number of hydrogen-bond donors (Lipinski definition) is 1. The molecule has 1 aromatic rings. The van der Waals surface area contributed by atoms with Gasteiger partial charge in [0.2, 0.25) is 0 Å². The Morgan fingerprint density at radius 3 is 2.69 bits per heavy atom. The highest BCUT2D eigenvalue weighted by Gasteiger charge is 2.12. The molecular weight excluding hydrogens is 188 g/mol. The number of aliphatic carboxylic acids is 1. The summed E-state index contributed by atoms with van der Waals surface area (Å²) in [6.45, 7) is 1.67. The first-order chi connectivity index (χ1) is 6.11. The Morgan fingerprint density at radius 2 is 2.15 bits per heavy atom. The van der Waals surface area contributed by atoms with Gasteiger partial charge >= 0.3 is 5.97 Å². The van der Waals surface area contributed by atoms with Crippen molar-refractivity contribution in [3.8, 4) is 0 Å². The molecule has 70 valence electrons. The monoisotopic (exact) mass is 198 g/mol. The molecule has 3 heteroatoms. The van der Waals surface area contributed by atoms with E-state index in [-0.39, 0.29) is 5.92 Å². The van der Waals surface area contributed by atoms with Crippen molar-refractivity contribution in [3.63, 3.8) is 0 Å². The van der Waals surface area contributed by atoms with E-state index in [9.17, 15) is 4.79 Å². The van der Waals surface area contributed by atoms with E-state index in [0.717, 1.165) is 5.56 Å². The predicted octanol–water partition coefficient (Wildman–Crippen LogP) is 2.60. The number of carbonyl (C=O) groups is 1. The number of halogens is 1. The molecule has 0 amide bonds. The van der Waals surface area contributed by atoms with Crippen molar-refractivity contribution in [2.45, 2.75) is 13.3 Å². The van der Waals surface area contributed by atoms with Gasteiger partial charge in [-0.1, -0.05) is 36.7 Å². The van der Waals surface area contributed by atoms with Crippen molar-refractivity contribution in [1.29, 1.82) is 0 Å². The summed E-state index contributed by atoms with van der Waals surface area (Å²) in [5, 5.41) is 9.33. The molecule has 0 aromatic heterocycles. The minimum atomic E-state index is -0.792. The fourth-order valence-electron chi connectivity index (χ4n) is 1.08. The van der Waals surface area contributed by atoms with E-state index in [1.165, 1.54) is 0 Å². The standard InChI is InChI=1S/C10H11ClO2/c1-7(10(12)13)6-8-4-2-3-5-9(8)11/h2-5,7H,6H2,1H3,(H,12,13). The van der Waals surface area contributed by atoms with Crippen LogP contribution in [0.5, 0.6) is 0 Å². The van der Waals surface area contributed by atoms with E-state index < -0.39 is 5.97 Å². The number of rotatable bonds is 3. The molecule has 0 aliphatic rings. The van der Waals surface area contributed by atoms with E-state index >= 15 is 0 Å². The molecule has 0 spiro atoms. The summed E-state index contributed by atoms with van der Waals surface area (Å²) < 4.78 is 0. The Kier molecular flexibility index (Phi) is 3.32. The molecule has 1 aromatic carbocycles. The van der Waals surface area contributed by atoms with Crippen LogP contribution in [0.2, 0.25) is 5.02 Å². The third kappa shape index (κ3) is 2.74. The lowest BCUT2D eigenvalue weighted by atomic mass is 10.0. The van der Waals surface area contributed by atoms with Crippen molar-refractivity contribution in [3.05, 3.63) is 34.9 Å². The minimum absolute atomic E-state index is 0.389. The predicted molar refractivity (Wildman–Crippen MR) is 52.0 cm³/mol. The van der Waals surface area contributed by atoms with E-state index in [2.05, 4.69) is 0 Å². The Labute approximate surface area is 82.2 Å². The summed E-state index contributed by atoms with van der Waals surface area (Å²) in [6.07, 6.45) is 0.481. The number of hydrogen-bond acceptors (Lipinski definition) is 1. The van der Waals surface area contributed by atoms with Gasteiger partial charge in [0.1, 0.15) is 0 Å². The van der Waals surface area contributed by atoms with Gasteiger partial charge in [-0.2, -0.15) is 0 Å².